The molecule has 1 unspecified atom stereocenters. The largest absolute Gasteiger partial charge is 0.494 e. The maximum absolute atomic E-state index is 11.5. The molecular formula is C26H32N2O3. The number of azo groups is 1. The molecule has 1 aliphatic rings. The fourth-order valence-electron chi connectivity index (χ4n) is 3.84. The highest BCUT2D eigenvalue weighted by atomic mass is 16.5. The number of esters is 1. The van der Waals surface area contributed by atoms with Crippen LogP contribution in [-0.4, -0.2) is 19.2 Å². The Labute approximate surface area is 185 Å². The van der Waals surface area contributed by atoms with Crippen molar-refractivity contribution in [2.75, 3.05) is 13.2 Å². The highest BCUT2D eigenvalue weighted by Crippen LogP contribution is 2.44. The molecule has 1 atom stereocenters. The molecule has 0 radical (unpaired) electrons. The molecule has 0 fully saturated rings. The third kappa shape index (κ3) is 6.27. The molecule has 1 heterocycles. The summed E-state index contributed by atoms with van der Waals surface area (Å²) >= 11 is 0. The Kier molecular flexibility index (Phi) is 8.39. The van der Waals surface area contributed by atoms with Crippen molar-refractivity contribution in [2.45, 2.75) is 58.3 Å². The highest BCUT2D eigenvalue weighted by Gasteiger charge is 2.22. The Morgan fingerprint density at radius 1 is 1.03 bits per heavy atom. The molecule has 3 rings (SSSR count). The molecule has 0 saturated heterocycles. The number of hydrogen-bond acceptors (Lipinski definition) is 5. The van der Waals surface area contributed by atoms with Crippen molar-refractivity contribution in [3.8, 4) is 5.75 Å². The van der Waals surface area contributed by atoms with Gasteiger partial charge < -0.3 is 9.47 Å². The molecule has 0 spiro atoms. The number of benzene rings is 2. The summed E-state index contributed by atoms with van der Waals surface area (Å²) in [4.78, 5) is 11.5. The van der Waals surface area contributed by atoms with E-state index >= 15 is 0 Å². The van der Waals surface area contributed by atoms with Crippen LogP contribution in [0.1, 0.15) is 63.0 Å². The van der Waals surface area contributed by atoms with Gasteiger partial charge >= 0.3 is 5.97 Å². The Balaban J connectivity index is 1.51. The second kappa shape index (κ2) is 11.4. The SMILES string of the molecule is C=C(C)C(=O)OCCCC(CC)c1ccc2c(CCCCOc3ccccc3)c1N=N2. The van der Waals surface area contributed by atoms with Gasteiger partial charge in [-0.15, -0.1) is 5.11 Å². The molecule has 164 valence electrons. The first-order chi connectivity index (χ1) is 15.1. The van der Waals surface area contributed by atoms with Crippen molar-refractivity contribution >= 4 is 17.3 Å². The second-order valence-corrected chi connectivity index (χ2v) is 7.98. The van der Waals surface area contributed by atoms with E-state index in [0.717, 1.165) is 55.6 Å². The van der Waals surface area contributed by atoms with Crippen molar-refractivity contribution in [1.82, 2.24) is 0 Å². The Morgan fingerprint density at radius 3 is 2.58 bits per heavy atom. The van der Waals surface area contributed by atoms with E-state index in [1.165, 1.54) is 11.1 Å². The van der Waals surface area contributed by atoms with Crippen LogP contribution in [0.25, 0.3) is 0 Å². The summed E-state index contributed by atoms with van der Waals surface area (Å²) < 4.78 is 11.0. The van der Waals surface area contributed by atoms with Crippen molar-refractivity contribution in [3.63, 3.8) is 0 Å². The number of nitrogens with zero attached hydrogens (tertiary/aromatic N) is 2. The van der Waals surface area contributed by atoms with Crippen LogP contribution < -0.4 is 4.74 Å². The van der Waals surface area contributed by atoms with Crippen LogP contribution in [0.2, 0.25) is 0 Å². The molecule has 1 aliphatic heterocycles. The summed E-state index contributed by atoms with van der Waals surface area (Å²) in [7, 11) is 0. The summed E-state index contributed by atoms with van der Waals surface area (Å²) in [5.74, 6) is 0.980. The van der Waals surface area contributed by atoms with Crippen molar-refractivity contribution < 1.29 is 14.3 Å². The molecule has 2 aromatic carbocycles. The van der Waals surface area contributed by atoms with Crippen LogP contribution in [0.5, 0.6) is 5.75 Å². The predicted molar refractivity (Wildman–Crippen MR) is 124 cm³/mol. The number of rotatable bonds is 13. The van der Waals surface area contributed by atoms with Gasteiger partial charge in [0.1, 0.15) is 5.75 Å². The maximum atomic E-state index is 11.5. The van der Waals surface area contributed by atoms with Gasteiger partial charge in [-0.2, -0.15) is 5.11 Å². The van der Waals surface area contributed by atoms with E-state index in [9.17, 15) is 4.79 Å². The van der Waals surface area contributed by atoms with Gasteiger partial charge in [0, 0.05) is 11.1 Å². The second-order valence-electron chi connectivity index (χ2n) is 7.98. The van der Waals surface area contributed by atoms with Gasteiger partial charge in [0.25, 0.3) is 0 Å². The summed E-state index contributed by atoms with van der Waals surface area (Å²) in [6.45, 7) is 8.61. The predicted octanol–water partition coefficient (Wildman–Crippen LogP) is 7.21. The van der Waals surface area contributed by atoms with E-state index in [4.69, 9.17) is 9.47 Å². The minimum Gasteiger partial charge on any atom is -0.494 e. The van der Waals surface area contributed by atoms with E-state index in [1.807, 2.05) is 30.3 Å². The minimum atomic E-state index is -0.316. The molecule has 0 aromatic heterocycles. The van der Waals surface area contributed by atoms with E-state index in [0.29, 0.717) is 24.7 Å². The topological polar surface area (TPSA) is 60.2 Å². The molecule has 2 bridgehead atoms. The summed E-state index contributed by atoms with van der Waals surface area (Å²) in [5.41, 5.74) is 4.99. The molecule has 0 aliphatic carbocycles. The zero-order valence-electron chi connectivity index (χ0n) is 18.6. The third-order valence-electron chi connectivity index (χ3n) is 5.59. The van der Waals surface area contributed by atoms with Crippen LogP contribution in [-0.2, 0) is 16.0 Å². The van der Waals surface area contributed by atoms with E-state index < -0.39 is 0 Å². The molecule has 2 aromatic rings. The average molecular weight is 421 g/mol. The van der Waals surface area contributed by atoms with E-state index in [2.05, 4.69) is 35.9 Å². The van der Waals surface area contributed by atoms with Crippen LogP contribution in [0.4, 0.5) is 11.4 Å². The first-order valence-corrected chi connectivity index (χ1v) is 11.2. The molecule has 5 nitrogen and oxygen atoms in total. The van der Waals surface area contributed by atoms with Gasteiger partial charge in [-0.3, -0.25) is 0 Å². The fraction of sp³-hybridized carbons (Fsp3) is 0.423. The third-order valence-corrected chi connectivity index (χ3v) is 5.59. The van der Waals surface area contributed by atoms with Crippen LogP contribution >= 0.6 is 0 Å². The van der Waals surface area contributed by atoms with Gasteiger partial charge in [-0.1, -0.05) is 37.8 Å². The van der Waals surface area contributed by atoms with Gasteiger partial charge in [0.05, 0.1) is 24.6 Å². The lowest BCUT2D eigenvalue weighted by molar-refractivity contribution is -0.139. The maximum Gasteiger partial charge on any atom is 0.333 e. The number of carbonyl (C=O) groups excluding carboxylic acids is 1. The first-order valence-electron chi connectivity index (χ1n) is 11.2. The lowest BCUT2D eigenvalue weighted by Gasteiger charge is -2.18. The zero-order valence-corrected chi connectivity index (χ0v) is 18.6. The zero-order chi connectivity index (χ0) is 22.1. The molecule has 31 heavy (non-hydrogen) atoms. The van der Waals surface area contributed by atoms with E-state index in [1.54, 1.807) is 6.92 Å². The summed E-state index contributed by atoms with van der Waals surface area (Å²) in [5, 5.41) is 8.88. The monoisotopic (exact) mass is 420 g/mol. The lowest BCUT2D eigenvalue weighted by atomic mass is 9.88. The molecule has 0 saturated carbocycles. The Hall–Kier alpha value is -2.95. The van der Waals surface area contributed by atoms with Crippen molar-refractivity contribution in [3.05, 3.63) is 65.7 Å². The number of ether oxygens (including phenoxy) is 2. The quantitative estimate of drug-likeness (QED) is 0.167. The highest BCUT2D eigenvalue weighted by molar-refractivity contribution is 5.86. The number of para-hydroxylation sites is 1. The smallest absolute Gasteiger partial charge is 0.333 e. The number of carbonyl (C=O) groups is 1. The summed E-state index contributed by atoms with van der Waals surface area (Å²) in [6, 6.07) is 14.2. The lowest BCUT2D eigenvalue weighted by Crippen LogP contribution is -2.08. The van der Waals surface area contributed by atoms with Crippen LogP contribution in [0, 0.1) is 0 Å². The number of hydrogen-bond donors (Lipinski definition) is 0. The Bertz CT molecular complexity index is 922. The van der Waals surface area contributed by atoms with Crippen LogP contribution in [0.3, 0.4) is 0 Å². The normalized spacial score (nSPS) is 12.6. The van der Waals surface area contributed by atoms with Gasteiger partial charge in [-0.05, 0) is 75.1 Å². The molecule has 0 amide bonds. The molecule has 5 heteroatoms. The molecule has 0 N–H and O–H groups in total. The van der Waals surface area contributed by atoms with Gasteiger partial charge in [0.15, 0.2) is 0 Å². The van der Waals surface area contributed by atoms with Crippen molar-refractivity contribution in [2.24, 2.45) is 10.2 Å². The van der Waals surface area contributed by atoms with E-state index in [-0.39, 0.29) is 5.97 Å². The van der Waals surface area contributed by atoms with Crippen LogP contribution in [0.15, 0.2) is 64.8 Å². The van der Waals surface area contributed by atoms with Gasteiger partial charge in [0.2, 0.25) is 0 Å². The number of unbranched alkanes of at least 4 members (excludes halogenated alkanes) is 1. The molecular weight excluding hydrogens is 388 g/mol. The fourth-order valence-corrected chi connectivity index (χ4v) is 3.84. The standard InChI is InChI=1S/C26H32N2O3/c1-4-20(11-10-18-31-26(29)19(2)3)22-15-16-24-23(25(22)28-27-24)14-8-9-17-30-21-12-6-5-7-13-21/h5-7,12-13,15-16,20H,2,4,8-11,14,17-18H2,1,3H3. The first kappa shape index (κ1) is 22.7. The average Bonchev–Trinajstić information content (AvgIpc) is 3.05. The number of fused-ring (bicyclic) bond motifs is 2. The van der Waals surface area contributed by atoms with Gasteiger partial charge in [-0.25, -0.2) is 4.79 Å². The Morgan fingerprint density at radius 2 is 1.84 bits per heavy atom. The minimum absolute atomic E-state index is 0.316. The summed E-state index contributed by atoms with van der Waals surface area (Å²) in [6.07, 6.45) is 5.77. The van der Waals surface area contributed by atoms with Crippen molar-refractivity contribution in [1.29, 1.82) is 0 Å².